The predicted octanol–water partition coefficient (Wildman–Crippen LogP) is 3.66. The molecule has 1 fully saturated rings. The Balaban J connectivity index is 1.79. The van der Waals surface area contributed by atoms with Crippen LogP contribution < -0.4 is 0 Å². The third kappa shape index (κ3) is 3.98. The van der Waals surface area contributed by atoms with E-state index in [1.165, 1.54) is 12.1 Å². The second-order valence-electron chi connectivity index (χ2n) is 5.84. The molecule has 0 spiro atoms. The highest BCUT2D eigenvalue weighted by atomic mass is 32.1. The fraction of sp³-hybridized carbons (Fsp3) is 0.389. The zero-order valence-electron chi connectivity index (χ0n) is 13.1. The number of nitrogens with zero attached hydrogens (tertiary/aromatic N) is 1. The monoisotopic (exact) mass is 333 g/mol. The average Bonchev–Trinajstić information content (AvgIpc) is 3.07. The highest BCUT2D eigenvalue weighted by Gasteiger charge is 2.26. The average molecular weight is 333 g/mol. The van der Waals surface area contributed by atoms with Gasteiger partial charge in [0, 0.05) is 30.3 Å². The first-order valence-electron chi connectivity index (χ1n) is 7.81. The molecule has 2 atom stereocenters. The van der Waals surface area contributed by atoms with Crippen molar-refractivity contribution in [2.45, 2.75) is 25.4 Å². The van der Waals surface area contributed by atoms with Crippen molar-refractivity contribution in [2.75, 3.05) is 19.7 Å². The minimum atomic E-state index is -0.257. The van der Waals surface area contributed by atoms with E-state index in [0.29, 0.717) is 26.1 Å². The van der Waals surface area contributed by atoms with E-state index in [1.54, 1.807) is 23.5 Å². The topological polar surface area (TPSA) is 29.5 Å². The van der Waals surface area contributed by atoms with Gasteiger partial charge in [0.2, 0.25) is 5.91 Å². The molecule has 3 nitrogen and oxygen atoms in total. The van der Waals surface area contributed by atoms with E-state index in [0.717, 1.165) is 10.4 Å². The number of rotatable bonds is 4. The van der Waals surface area contributed by atoms with Crippen LogP contribution in [0.5, 0.6) is 0 Å². The molecule has 0 bridgehead atoms. The minimum Gasteiger partial charge on any atom is -0.375 e. The summed E-state index contributed by atoms with van der Waals surface area (Å²) in [6.45, 7) is 3.85. The fourth-order valence-electron chi connectivity index (χ4n) is 2.92. The largest absolute Gasteiger partial charge is 0.375 e. The van der Waals surface area contributed by atoms with E-state index in [1.807, 2.05) is 29.3 Å². The number of amides is 1. The first-order valence-corrected chi connectivity index (χ1v) is 8.69. The third-order valence-electron chi connectivity index (χ3n) is 4.13. The van der Waals surface area contributed by atoms with Crippen LogP contribution in [0.2, 0.25) is 0 Å². The summed E-state index contributed by atoms with van der Waals surface area (Å²) in [4.78, 5) is 15.7. The summed E-state index contributed by atoms with van der Waals surface area (Å²) in [6.07, 6.45) is 0.484. The predicted molar refractivity (Wildman–Crippen MR) is 89.2 cm³/mol. The summed E-state index contributed by atoms with van der Waals surface area (Å²) < 4.78 is 18.7. The Labute approximate surface area is 139 Å². The number of halogens is 1. The van der Waals surface area contributed by atoms with E-state index in [4.69, 9.17) is 4.74 Å². The maximum atomic E-state index is 13.2. The molecule has 0 N–H and O–H groups in total. The summed E-state index contributed by atoms with van der Waals surface area (Å²) in [5, 5.41) is 2.01. The Hall–Kier alpha value is -1.72. The van der Waals surface area contributed by atoms with E-state index in [2.05, 4.69) is 0 Å². The Morgan fingerprint density at radius 1 is 1.39 bits per heavy atom. The summed E-state index contributed by atoms with van der Waals surface area (Å²) in [5.74, 6) is -0.156. The van der Waals surface area contributed by atoms with Gasteiger partial charge in [0.1, 0.15) is 5.82 Å². The van der Waals surface area contributed by atoms with Gasteiger partial charge in [-0.2, -0.15) is 0 Å². The molecule has 0 aliphatic carbocycles. The lowest BCUT2D eigenvalue weighted by Gasteiger charge is -2.32. The molecule has 0 saturated carbocycles. The Morgan fingerprint density at radius 2 is 2.17 bits per heavy atom. The van der Waals surface area contributed by atoms with Crippen molar-refractivity contribution in [2.24, 2.45) is 0 Å². The molecular weight excluding hydrogens is 313 g/mol. The zero-order valence-corrected chi connectivity index (χ0v) is 13.9. The quantitative estimate of drug-likeness (QED) is 0.855. The second-order valence-corrected chi connectivity index (χ2v) is 6.82. The number of carbonyl (C=O) groups is 1. The van der Waals surface area contributed by atoms with Gasteiger partial charge in [-0.05, 0) is 36.1 Å². The highest BCUT2D eigenvalue weighted by Crippen LogP contribution is 2.32. The fourth-order valence-corrected chi connectivity index (χ4v) is 3.77. The standard InChI is InChI=1S/C18H20FNO2S/c1-13-12-20(8-9-22-13)18(21)11-16(17-3-2-10-23-17)14-4-6-15(19)7-5-14/h2-7,10,13,16H,8-9,11-12H2,1H3. The lowest BCUT2D eigenvalue weighted by molar-refractivity contribution is -0.138. The summed E-state index contributed by atoms with van der Waals surface area (Å²) in [5.41, 5.74) is 0.975. The molecule has 2 heterocycles. The zero-order chi connectivity index (χ0) is 16.2. The van der Waals surface area contributed by atoms with Crippen LogP contribution in [0.25, 0.3) is 0 Å². The molecule has 1 aromatic heterocycles. The lowest BCUT2D eigenvalue weighted by atomic mass is 9.93. The number of ether oxygens (including phenoxy) is 1. The molecule has 2 aromatic rings. The van der Waals surface area contributed by atoms with Crippen molar-refractivity contribution in [3.63, 3.8) is 0 Å². The van der Waals surface area contributed by atoms with Crippen LogP contribution in [0, 0.1) is 5.82 Å². The molecule has 1 amide bonds. The Morgan fingerprint density at radius 3 is 2.83 bits per heavy atom. The van der Waals surface area contributed by atoms with E-state index >= 15 is 0 Å². The molecule has 2 unspecified atom stereocenters. The van der Waals surface area contributed by atoms with Gasteiger partial charge in [0.05, 0.1) is 12.7 Å². The molecule has 3 rings (SSSR count). The first kappa shape index (κ1) is 16.1. The van der Waals surface area contributed by atoms with Gasteiger partial charge in [0.25, 0.3) is 0 Å². The van der Waals surface area contributed by atoms with Crippen LogP contribution in [0.1, 0.15) is 29.7 Å². The van der Waals surface area contributed by atoms with Gasteiger partial charge < -0.3 is 9.64 Å². The number of morpholine rings is 1. The van der Waals surface area contributed by atoms with Gasteiger partial charge in [-0.1, -0.05) is 18.2 Å². The van der Waals surface area contributed by atoms with Crippen LogP contribution >= 0.6 is 11.3 Å². The summed E-state index contributed by atoms with van der Waals surface area (Å²) in [7, 11) is 0. The SMILES string of the molecule is CC1CN(C(=O)CC(c2ccc(F)cc2)c2cccs2)CCO1. The highest BCUT2D eigenvalue weighted by molar-refractivity contribution is 7.10. The molecule has 1 aromatic carbocycles. The maximum absolute atomic E-state index is 13.2. The van der Waals surface area contributed by atoms with Gasteiger partial charge in [-0.15, -0.1) is 11.3 Å². The molecule has 5 heteroatoms. The smallest absolute Gasteiger partial charge is 0.223 e. The number of hydrogen-bond donors (Lipinski definition) is 0. The molecule has 1 aliphatic heterocycles. The van der Waals surface area contributed by atoms with E-state index in [-0.39, 0.29) is 23.7 Å². The summed E-state index contributed by atoms with van der Waals surface area (Å²) in [6, 6.07) is 10.5. The molecule has 122 valence electrons. The Bertz CT molecular complexity index is 642. The van der Waals surface area contributed by atoms with Gasteiger partial charge in [0.15, 0.2) is 0 Å². The van der Waals surface area contributed by atoms with Crippen LogP contribution in [-0.2, 0) is 9.53 Å². The van der Waals surface area contributed by atoms with E-state index < -0.39 is 0 Å². The number of carbonyl (C=O) groups excluding carboxylic acids is 1. The van der Waals surface area contributed by atoms with Gasteiger partial charge in [-0.3, -0.25) is 4.79 Å². The van der Waals surface area contributed by atoms with Crippen molar-refractivity contribution in [1.82, 2.24) is 4.90 Å². The van der Waals surface area contributed by atoms with Gasteiger partial charge >= 0.3 is 0 Å². The maximum Gasteiger partial charge on any atom is 0.223 e. The van der Waals surface area contributed by atoms with Crippen LogP contribution in [0.3, 0.4) is 0 Å². The minimum absolute atomic E-state index is 0.0266. The van der Waals surface area contributed by atoms with Crippen molar-refractivity contribution >= 4 is 17.2 Å². The first-order chi connectivity index (χ1) is 11.1. The van der Waals surface area contributed by atoms with Crippen LogP contribution in [0.4, 0.5) is 4.39 Å². The molecule has 1 aliphatic rings. The molecule has 23 heavy (non-hydrogen) atoms. The van der Waals surface area contributed by atoms with E-state index in [9.17, 15) is 9.18 Å². The van der Waals surface area contributed by atoms with Crippen molar-refractivity contribution in [3.05, 3.63) is 58.0 Å². The molecule has 0 radical (unpaired) electrons. The molecular formula is C18H20FNO2S. The number of benzene rings is 1. The second kappa shape index (κ2) is 7.23. The Kier molecular flexibility index (Phi) is 5.08. The normalized spacial score (nSPS) is 19.6. The van der Waals surface area contributed by atoms with Crippen molar-refractivity contribution in [3.8, 4) is 0 Å². The molecule has 1 saturated heterocycles. The lowest BCUT2D eigenvalue weighted by Crippen LogP contribution is -2.44. The number of thiophene rings is 1. The third-order valence-corrected chi connectivity index (χ3v) is 5.12. The van der Waals surface area contributed by atoms with Crippen molar-refractivity contribution in [1.29, 1.82) is 0 Å². The summed E-state index contributed by atoms with van der Waals surface area (Å²) >= 11 is 1.63. The van der Waals surface area contributed by atoms with Gasteiger partial charge in [-0.25, -0.2) is 4.39 Å². The van der Waals surface area contributed by atoms with Crippen LogP contribution in [0.15, 0.2) is 41.8 Å². The van der Waals surface area contributed by atoms with Crippen LogP contribution in [-0.4, -0.2) is 36.6 Å². The van der Waals surface area contributed by atoms with Crippen molar-refractivity contribution < 1.29 is 13.9 Å². The number of hydrogen-bond acceptors (Lipinski definition) is 3.